The molecule has 2 aromatic rings. The van der Waals surface area contributed by atoms with Crippen LogP contribution in [0.4, 0.5) is 5.69 Å². The minimum atomic E-state index is -0.150. The number of pyridine rings is 1. The van der Waals surface area contributed by atoms with Crippen molar-refractivity contribution in [2.75, 3.05) is 25.4 Å². The molecule has 2 heterocycles. The zero-order chi connectivity index (χ0) is 19.9. The van der Waals surface area contributed by atoms with Gasteiger partial charge in [-0.2, -0.15) is 5.26 Å². The van der Waals surface area contributed by atoms with Gasteiger partial charge < -0.3 is 20.8 Å². The van der Waals surface area contributed by atoms with Crippen molar-refractivity contribution >= 4 is 16.6 Å². The number of phenolic OH excluding ortho intramolecular Hbond substituents is 2. The van der Waals surface area contributed by atoms with E-state index in [-0.39, 0.29) is 11.5 Å². The second-order valence-corrected chi connectivity index (χ2v) is 7.68. The number of hydrogen-bond donors (Lipinski definition) is 3. The van der Waals surface area contributed by atoms with Gasteiger partial charge in [-0.25, -0.2) is 0 Å². The molecule has 150 valence electrons. The van der Waals surface area contributed by atoms with Gasteiger partial charge in [-0.05, 0) is 63.2 Å². The van der Waals surface area contributed by atoms with Gasteiger partial charge in [-0.1, -0.05) is 12.8 Å². The molecule has 4 rings (SSSR count). The van der Waals surface area contributed by atoms with E-state index in [9.17, 15) is 10.2 Å². The molecule has 1 aliphatic carbocycles. The molecule has 4 N–H and O–H groups in total. The number of nitrogens with two attached hydrogens (primary N) is 1. The third-order valence-electron chi connectivity index (χ3n) is 5.64. The molecular weight excluding hydrogens is 352 g/mol. The fourth-order valence-corrected chi connectivity index (χ4v) is 4.05. The summed E-state index contributed by atoms with van der Waals surface area (Å²) in [7, 11) is 0. The summed E-state index contributed by atoms with van der Waals surface area (Å²) in [5.74, 6) is -0.299. The highest BCUT2D eigenvalue weighted by atomic mass is 16.3. The summed E-state index contributed by atoms with van der Waals surface area (Å²) in [6.45, 7) is 3.40. The lowest BCUT2D eigenvalue weighted by Gasteiger charge is -2.24. The van der Waals surface area contributed by atoms with Crippen LogP contribution in [0.1, 0.15) is 56.2 Å². The Morgan fingerprint density at radius 2 is 1.68 bits per heavy atom. The number of nitriles is 1. The van der Waals surface area contributed by atoms with Crippen molar-refractivity contribution in [2.24, 2.45) is 0 Å². The number of nitrogens with zero attached hydrogens (tertiary/aromatic N) is 3. The average Bonchev–Trinajstić information content (AvgIpc) is 2.95. The number of rotatable bonds is 2. The number of fused-ring (bicyclic) bond motifs is 2. The smallest absolute Gasteiger partial charge is 0.159 e. The Bertz CT molecular complexity index is 854. The summed E-state index contributed by atoms with van der Waals surface area (Å²) >= 11 is 0. The minimum Gasteiger partial charge on any atom is -0.504 e. The molecule has 1 aromatic carbocycles. The molecule has 0 atom stereocenters. The number of aromatic hydroxyl groups is 2. The Morgan fingerprint density at radius 1 is 1.00 bits per heavy atom. The maximum Gasteiger partial charge on any atom is 0.159 e. The van der Waals surface area contributed by atoms with Gasteiger partial charge in [0, 0.05) is 35.8 Å². The largest absolute Gasteiger partial charge is 0.504 e. The van der Waals surface area contributed by atoms with Gasteiger partial charge in [0.05, 0.1) is 11.6 Å². The molecule has 0 spiro atoms. The Morgan fingerprint density at radius 3 is 2.43 bits per heavy atom. The van der Waals surface area contributed by atoms with Crippen LogP contribution in [0.5, 0.6) is 11.5 Å². The Kier molecular flexibility index (Phi) is 6.94. The molecule has 0 radical (unpaired) electrons. The topological polar surface area (TPSA) is 106 Å². The summed E-state index contributed by atoms with van der Waals surface area (Å²) in [6.07, 6.45) is 10.1. The molecule has 28 heavy (non-hydrogen) atoms. The second kappa shape index (κ2) is 9.61. The molecule has 0 saturated carbocycles. The fourth-order valence-electron chi connectivity index (χ4n) is 4.05. The first-order chi connectivity index (χ1) is 13.6. The first-order valence-corrected chi connectivity index (χ1v) is 10.3. The van der Waals surface area contributed by atoms with Gasteiger partial charge in [0.1, 0.15) is 0 Å². The van der Waals surface area contributed by atoms with Crippen LogP contribution in [0.3, 0.4) is 0 Å². The van der Waals surface area contributed by atoms with Crippen molar-refractivity contribution in [3.8, 4) is 17.6 Å². The van der Waals surface area contributed by atoms with Crippen LogP contribution in [0.2, 0.25) is 0 Å². The van der Waals surface area contributed by atoms with Crippen molar-refractivity contribution in [3.63, 3.8) is 0 Å². The molecular formula is C22H30N4O2. The maximum atomic E-state index is 9.57. The van der Waals surface area contributed by atoms with Gasteiger partial charge in [0.25, 0.3) is 0 Å². The van der Waals surface area contributed by atoms with Crippen LogP contribution in [-0.2, 0) is 12.8 Å². The number of anilines is 1. The highest BCUT2D eigenvalue weighted by Crippen LogP contribution is 2.36. The van der Waals surface area contributed by atoms with Crippen molar-refractivity contribution in [1.29, 1.82) is 5.26 Å². The predicted molar refractivity (Wildman–Crippen MR) is 111 cm³/mol. The highest BCUT2D eigenvalue weighted by molar-refractivity contribution is 5.94. The molecule has 6 nitrogen and oxygen atoms in total. The lowest BCUT2D eigenvalue weighted by Crippen LogP contribution is -2.30. The number of nitrogen functional groups attached to an aromatic ring is 1. The molecule has 1 aliphatic heterocycles. The zero-order valence-corrected chi connectivity index (χ0v) is 16.5. The van der Waals surface area contributed by atoms with E-state index in [0.717, 1.165) is 48.9 Å². The molecule has 0 amide bonds. The van der Waals surface area contributed by atoms with Crippen molar-refractivity contribution in [2.45, 2.75) is 57.8 Å². The quantitative estimate of drug-likeness (QED) is 0.537. The van der Waals surface area contributed by atoms with Gasteiger partial charge in [-0.15, -0.1) is 0 Å². The first kappa shape index (κ1) is 20.2. The lowest BCUT2D eigenvalue weighted by molar-refractivity contribution is 0.233. The number of hydrogen-bond acceptors (Lipinski definition) is 6. The summed E-state index contributed by atoms with van der Waals surface area (Å²) in [6, 6.07) is 5.15. The molecule has 1 aromatic heterocycles. The lowest BCUT2D eigenvalue weighted by atomic mass is 10.0. The molecule has 6 heteroatoms. The van der Waals surface area contributed by atoms with E-state index in [1.165, 1.54) is 50.9 Å². The fraction of sp³-hybridized carbons (Fsp3) is 0.545. The van der Waals surface area contributed by atoms with Crippen LogP contribution in [0, 0.1) is 11.3 Å². The van der Waals surface area contributed by atoms with Gasteiger partial charge in [0.15, 0.2) is 11.5 Å². The third kappa shape index (κ3) is 4.85. The van der Waals surface area contributed by atoms with E-state index in [4.69, 9.17) is 11.0 Å². The average molecular weight is 383 g/mol. The van der Waals surface area contributed by atoms with E-state index in [1.807, 2.05) is 0 Å². The Hall–Kier alpha value is -2.52. The van der Waals surface area contributed by atoms with Gasteiger partial charge in [-0.3, -0.25) is 4.98 Å². The van der Waals surface area contributed by atoms with Crippen molar-refractivity contribution in [1.82, 2.24) is 9.88 Å². The number of piperidine rings is 1. The van der Waals surface area contributed by atoms with E-state index in [2.05, 4.69) is 16.0 Å². The van der Waals surface area contributed by atoms with E-state index >= 15 is 0 Å². The monoisotopic (exact) mass is 382 g/mol. The summed E-state index contributed by atoms with van der Waals surface area (Å²) in [5.41, 5.74) is 9.71. The van der Waals surface area contributed by atoms with Crippen LogP contribution in [0.15, 0.2) is 12.1 Å². The Labute approximate surface area is 166 Å². The van der Waals surface area contributed by atoms with Crippen LogP contribution in [0.25, 0.3) is 10.9 Å². The Balaban J connectivity index is 0.000000192. The zero-order valence-electron chi connectivity index (χ0n) is 16.5. The highest BCUT2D eigenvalue weighted by Gasteiger charge is 2.16. The first-order valence-electron chi connectivity index (χ1n) is 10.3. The molecule has 1 saturated heterocycles. The van der Waals surface area contributed by atoms with Gasteiger partial charge in [0.2, 0.25) is 0 Å². The van der Waals surface area contributed by atoms with Gasteiger partial charge >= 0.3 is 0 Å². The second-order valence-electron chi connectivity index (χ2n) is 7.68. The number of benzene rings is 1. The number of aromatic nitrogens is 1. The third-order valence-corrected chi connectivity index (χ3v) is 5.64. The van der Waals surface area contributed by atoms with Crippen LogP contribution >= 0.6 is 0 Å². The van der Waals surface area contributed by atoms with Crippen molar-refractivity contribution in [3.05, 3.63) is 23.4 Å². The molecule has 1 fully saturated rings. The molecule has 0 bridgehead atoms. The van der Waals surface area contributed by atoms with E-state index in [1.54, 1.807) is 0 Å². The SMILES string of the molecule is N#CCCN1CCCCC1.Nc1c2c(nc3cc(O)c(O)cc13)CCCCC2. The number of aryl methyl sites for hydroxylation is 1. The number of phenols is 2. The maximum absolute atomic E-state index is 9.57. The minimum absolute atomic E-state index is 0.149. The summed E-state index contributed by atoms with van der Waals surface area (Å²) in [4.78, 5) is 6.97. The standard InChI is InChI=1S/C14H16N2O2.C8H14N2/c15-14-8-4-2-1-3-5-10(8)16-11-7-13(18)12(17)6-9(11)14;9-5-4-8-10-6-2-1-3-7-10/h6-7,17-18H,1-5H2,(H2,15,16);1-4,6-8H2. The molecule has 0 unspecified atom stereocenters. The summed E-state index contributed by atoms with van der Waals surface area (Å²) in [5, 5.41) is 28.2. The van der Waals surface area contributed by atoms with Crippen LogP contribution in [-0.4, -0.2) is 39.7 Å². The number of likely N-dealkylation sites (tertiary alicyclic amines) is 1. The molecule has 2 aliphatic rings. The van der Waals surface area contributed by atoms with E-state index < -0.39 is 0 Å². The summed E-state index contributed by atoms with van der Waals surface area (Å²) < 4.78 is 0. The van der Waals surface area contributed by atoms with E-state index in [0.29, 0.717) is 17.6 Å². The predicted octanol–water partition coefficient (Wildman–Crippen LogP) is 3.88. The normalized spacial score (nSPS) is 17.1. The van der Waals surface area contributed by atoms with Crippen LogP contribution < -0.4 is 5.73 Å². The van der Waals surface area contributed by atoms with Crippen molar-refractivity contribution < 1.29 is 10.2 Å².